The van der Waals surface area contributed by atoms with Crippen molar-refractivity contribution in [3.05, 3.63) is 71.0 Å². The van der Waals surface area contributed by atoms with Crippen LogP contribution in [-0.4, -0.2) is 17.4 Å². The Labute approximate surface area is 166 Å². The van der Waals surface area contributed by atoms with E-state index in [1.807, 2.05) is 0 Å². The molecule has 4 nitrogen and oxygen atoms in total. The van der Waals surface area contributed by atoms with Crippen molar-refractivity contribution in [1.29, 1.82) is 0 Å². The van der Waals surface area contributed by atoms with E-state index in [1.54, 1.807) is 11.8 Å². The van der Waals surface area contributed by atoms with E-state index in [1.165, 1.54) is 24.4 Å². The molecule has 0 fully saturated rings. The van der Waals surface area contributed by atoms with Gasteiger partial charge in [-0.3, -0.25) is 4.79 Å². The molecule has 1 aromatic heterocycles. The number of anilines is 1. The van der Waals surface area contributed by atoms with E-state index in [0.717, 1.165) is 41.8 Å². The lowest BCUT2D eigenvalue weighted by atomic mass is 9.97. The van der Waals surface area contributed by atoms with Crippen LogP contribution in [-0.2, 0) is 17.6 Å². The Bertz CT molecular complexity index is 1080. The normalized spacial score (nSPS) is 13.4. The van der Waals surface area contributed by atoms with Gasteiger partial charge in [0, 0.05) is 31.1 Å². The molecule has 3 aromatic rings. The van der Waals surface area contributed by atoms with Gasteiger partial charge in [0.05, 0.1) is 11.8 Å². The minimum Gasteiger partial charge on any atom is -0.441 e. The number of oxazole rings is 1. The smallest absolute Gasteiger partial charge is 0.227 e. The summed E-state index contributed by atoms with van der Waals surface area (Å²) in [6.45, 7) is 2.38. The van der Waals surface area contributed by atoms with Crippen LogP contribution in [0.3, 0.4) is 0 Å². The summed E-state index contributed by atoms with van der Waals surface area (Å²) in [5.74, 6) is -1.33. The second-order valence-corrected chi connectivity index (χ2v) is 7.12. The first kappa shape index (κ1) is 19.2. The van der Waals surface area contributed by atoms with E-state index >= 15 is 0 Å². The molecule has 150 valence electrons. The summed E-state index contributed by atoms with van der Waals surface area (Å²) in [4.78, 5) is 18.6. The lowest BCUT2D eigenvalue weighted by Gasteiger charge is -2.31. The van der Waals surface area contributed by atoms with Crippen LogP contribution in [0, 0.1) is 24.4 Å². The van der Waals surface area contributed by atoms with E-state index in [2.05, 4.69) is 4.98 Å². The van der Waals surface area contributed by atoms with Gasteiger partial charge in [-0.25, -0.2) is 18.2 Å². The number of carbonyl (C=O) groups excluding carboxylic acids is 1. The molecule has 0 aliphatic carbocycles. The molecular weight excluding hydrogens is 381 g/mol. The van der Waals surface area contributed by atoms with Crippen molar-refractivity contribution in [2.75, 3.05) is 11.4 Å². The lowest BCUT2D eigenvalue weighted by molar-refractivity contribution is -0.118. The number of carbonyl (C=O) groups is 1. The number of nitrogens with zero attached hydrogens (tertiary/aromatic N) is 2. The fourth-order valence-electron chi connectivity index (χ4n) is 3.76. The van der Waals surface area contributed by atoms with Gasteiger partial charge in [-0.15, -0.1) is 0 Å². The van der Waals surface area contributed by atoms with Crippen LogP contribution in [0.1, 0.15) is 29.9 Å². The van der Waals surface area contributed by atoms with Crippen molar-refractivity contribution < 1.29 is 22.4 Å². The minimum atomic E-state index is -0.739. The van der Waals surface area contributed by atoms with E-state index in [9.17, 15) is 18.0 Å². The molecule has 0 saturated heterocycles. The SMILES string of the molecule is Cc1cc(F)cc2c1N(C(=O)CCc1ncc(-c3ccc(F)cc3F)o1)CCC2. The summed E-state index contributed by atoms with van der Waals surface area (Å²) in [6.07, 6.45) is 3.27. The Hall–Kier alpha value is -3.09. The third-order valence-corrected chi connectivity index (χ3v) is 5.05. The van der Waals surface area contributed by atoms with Crippen molar-refractivity contribution in [3.8, 4) is 11.3 Å². The highest BCUT2D eigenvalue weighted by atomic mass is 19.1. The van der Waals surface area contributed by atoms with Gasteiger partial charge in [-0.1, -0.05) is 0 Å². The maximum atomic E-state index is 13.9. The first-order chi connectivity index (χ1) is 13.9. The Morgan fingerprint density at radius 1 is 1.17 bits per heavy atom. The molecule has 2 heterocycles. The summed E-state index contributed by atoms with van der Waals surface area (Å²) in [5.41, 5.74) is 2.47. The van der Waals surface area contributed by atoms with Crippen molar-refractivity contribution in [2.45, 2.75) is 32.6 Å². The summed E-state index contributed by atoms with van der Waals surface area (Å²) in [7, 11) is 0. The number of hydrogen-bond acceptors (Lipinski definition) is 3. The van der Waals surface area contributed by atoms with Crippen LogP contribution in [0.5, 0.6) is 0 Å². The molecule has 0 saturated carbocycles. The predicted molar refractivity (Wildman–Crippen MR) is 102 cm³/mol. The molecule has 2 aromatic carbocycles. The zero-order valence-corrected chi connectivity index (χ0v) is 15.8. The van der Waals surface area contributed by atoms with Crippen molar-refractivity contribution >= 4 is 11.6 Å². The molecule has 7 heteroatoms. The van der Waals surface area contributed by atoms with Crippen molar-refractivity contribution in [2.24, 2.45) is 0 Å². The fraction of sp³-hybridized carbons (Fsp3) is 0.273. The molecule has 0 atom stereocenters. The summed E-state index contributed by atoms with van der Waals surface area (Å²) < 4.78 is 46.2. The van der Waals surface area contributed by atoms with Gasteiger partial charge in [-0.05, 0) is 55.2 Å². The average molecular weight is 400 g/mol. The van der Waals surface area contributed by atoms with Gasteiger partial charge in [0.2, 0.25) is 5.91 Å². The second kappa shape index (κ2) is 7.73. The van der Waals surface area contributed by atoms with Crippen LogP contribution in [0.15, 0.2) is 40.9 Å². The van der Waals surface area contributed by atoms with E-state index in [4.69, 9.17) is 4.42 Å². The highest BCUT2D eigenvalue weighted by Crippen LogP contribution is 2.32. The number of rotatable bonds is 4. The number of benzene rings is 2. The number of fused-ring (bicyclic) bond motifs is 1. The van der Waals surface area contributed by atoms with Gasteiger partial charge in [0.15, 0.2) is 11.7 Å². The van der Waals surface area contributed by atoms with Gasteiger partial charge in [-0.2, -0.15) is 0 Å². The minimum absolute atomic E-state index is 0.103. The van der Waals surface area contributed by atoms with Gasteiger partial charge < -0.3 is 9.32 Å². The van der Waals surface area contributed by atoms with Crippen LogP contribution in [0.4, 0.5) is 18.9 Å². The van der Waals surface area contributed by atoms with Gasteiger partial charge in [0.25, 0.3) is 0 Å². The third kappa shape index (κ3) is 3.90. The first-order valence-electron chi connectivity index (χ1n) is 9.42. The zero-order chi connectivity index (χ0) is 20.5. The van der Waals surface area contributed by atoms with Crippen LogP contribution < -0.4 is 4.90 Å². The highest BCUT2D eigenvalue weighted by molar-refractivity contribution is 5.95. The Morgan fingerprint density at radius 3 is 2.79 bits per heavy atom. The van der Waals surface area contributed by atoms with E-state index in [-0.39, 0.29) is 35.9 Å². The molecule has 0 radical (unpaired) electrons. The number of aromatic nitrogens is 1. The van der Waals surface area contributed by atoms with Crippen LogP contribution in [0.2, 0.25) is 0 Å². The molecule has 0 N–H and O–H groups in total. The van der Waals surface area contributed by atoms with Gasteiger partial charge >= 0.3 is 0 Å². The quantitative estimate of drug-likeness (QED) is 0.621. The second-order valence-electron chi connectivity index (χ2n) is 7.12. The number of hydrogen-bond donors (Lipinski definition) is 0. The van der Waals surface area contributed by atoms with Crippen molar-refractivity contribution in [1.82, 2.24) is 4.98 Å². The monoisotopic (exact) mass is 400 g/mol. The molecule has 29 heavy (non-hydrogen) atoms. The third-order valence-electron chi connectivity index (χ3n) is 5.05. The fourth-order valence-corrected chi connectivity index (χ4v) is 3.76. The summed E-state index contributed by atoms with van der Waals surface area (Å²) >= 11 is 0. The molecule has 0 unspecified atom stereocenters. The van der Waals surface area contributed by atoms with Crippen LogP contribution >= 0.6 is 0 Å². The van der Waals surface area contributed by atoms with Gasteiger partial charge in [0.1, 0.15) is 17.5 Å². The summed E-state index contributed by atoms with van der Waals surface area (Å²) in [5, 5.41) is 0. The lowest BCUT2D eigenvalue weighted by Crippen LogP contribution is -2.36. The number of amides is 1. The highest BCUT2D eigenvalue weighted by Gasteiger charge is 2.25. The van der Waals surface area contributed by atoms with E-state index < -0.39 is 11.6 Å². The summed E-state index contributed by atoms with van der Waals surface area (Å²) in [6, 6.07) is 6.12. The largest absolute Gasteiger partial charge is 0.441 e. The molecule has 1 aliphatic rings. The molecule has 1 amide bonds. The topological polar surface area (TPSA) is 46.3 Å². The van der Waals surface area contributed by atoms with Crippen molar-refractivity contribution in [3.63, 3.8) is 0 Å². The Balaban J connectivity index is 1.47. The molecule has 4 rings (SSSR count). The molecule has 0 spiro atoms. The standard InChI is InChI=1S/C22H19F3N2O2/c1-13-9-16(24)10-14-3-2-8-27(22(13)14)21(28)7-6-20-26-12-19(29-20)17-5-4-15(23)11-18(17)25/h4-5,9-12H,2-3,6-8H2,1H3. The molecular formula is C22H19F3N2O2. The van der Waals surface area contributed by atoms with E-state index in [0.29, 0.717) is 12.4 Å². The predicted octanol–water partition coefficient (Wildman–Crippen LogP) is 4.98. The molecule has 1 aliphatic heterocycles. The maximum absolute atomic E-state index is 13.9. The number of aryl methyl sites for hydroxylation is 3. The zero-order valence-electron chi connectivity index (χ0n) is 15.8. The Kier molecular flexibility index (Phi) is 5.13. The Morgan fingerprint density at radius 2 is 2.00 bits per heavy atom. The molecule has 0 bridgehead atoms. The average Bonchev–Trinajstić information content (AvgIpc) is 3.14. The maximum Gasteiger partial charge on any atom is 0.227 e. The first-order valence-corrected chi connectivity index (χ1v) is 9.42. The van der Waals surface area contributed by atoms with Crippen LogP contribution in [0.25, 0.3) is 11.3 Å². The number of halogens is 3.